The summed E-state index contributed by atoms with van der Waals surface area (Å²) in [6.45, 7) is 8.34. The second-order valence-electron chi connectivity index (χ2n) is 13.2. The fourth-order valence-electron chi connectivity index (χ4n) is 7.56. The number of ketones is 1. The lowest BCUT2D eigenvalue weighted by molar-refractivity contribution is -0.205. The first-order valence-corrected chi connectivity index (χ1v) is 15.1. The second-order valence-corrected chi connectivity index (χ2v) is 14.4. The van der Waals surface area contributed by atoms with Gasteiger partial charge in [-0.15, -0.1) is 18.3 Å². The summed E-state index contributed by atoms with van der Waals surface area (Å²) in [6, 6.07) is -0.980. The molecule has 0 saturated heterocycles. The summed E-state index contributed by atoms with van der Waals surface area (Å²) < 4.78 is 52.8. The van der Waals surface area contributed by atoms with Crippen LogP contribution in [0.2, 0.25) is 0 Å². The van der Waals surface area contributed by atoms with Crippen LogP contribution in [-0.2, 0) is 19.1 Å². The van der Waals surface area contributed by atoms with Crippen LogP contribution in [0.4, 0.5) is 0 Å². The molecule has 3 aliphatic carbocycles. The minimum absolute atomic E-state index is 0.0103. The van der Waals surface area contributed by atoms with Crippen LogP contribution in [0.25, 0.3) is 0 Å². The van der Waals surface area contributed by atoms with Crippen molar-refractivity contribution < 1.29 is 32.5 Å². The van der Waals surface area contributed by atoms with Gasteiger partial charge in [-0.25, -0.2) is 0 Å². The first kappa shape index (κ1) is 24.2. The fraction of sp³-hybridized carbons (Fsp3) is 0.839. The molecule has 3 saturated carbocycles. The number of carbonyl (C=O) groups excluding carboxylic acids is 3. The Morgan fingerprint density at radius 1 is 1.33 bits per heavy atom. The van der Waals surface area contributed by atoms with Crippen molar-refractivity contribution in [3.63, 3.8) is 0 Å². The maximum Gasteiger partial charge on any atom is 0.316 e. The van der Waals surface area contributed by atoms with Gasteiger partial charge < -0.3 is 20.9 Å². The van der Waals surface area contributed by atoms with E-state index in [-0.39, 0.29) is 30.0 Å². The molecule has 0 aromatic heterocycles. The number of hydrogen-bond acceptors (Lipinski definition) is 7. The van der Waals surface area contributed by atoms with Gasteiger partial charge in [-0.2, -0.15) is 0 Å². The standard InChI is InChI=1S/C31H52N2O5S/c1-10-29(8)15-22(38-23(35)16-39-28(6,7)17-33-27(37)24(32)18(2)3)30(9)19(4)11-13-31(20(5)26(29)36)14-12-21(34)25(30)31/h10,18-20,22,24-26,36H,1,11-17,32H2,2-9H3,(H,33,37)/t19-,20+,22-,24-,25+,26+,29-,30+,31+/m1/s1/i6D3,7D3. The number of nitrogens with one attached hydrogen (secondary N) is 1. The lowest BCUT2D eigenvalue weighted by atomic mass is 9.44. The monoisotopic (exact) mass is 570 g/mol. The summed E-state index contributed by atoms with van der Waals surface area (Å²) in [7, 11) is 0. The summed E-state index contributed by atoms with van der Waals surface area (Å²) in [5, 5.41) is 14.1. The minimum atomic E-state index is -3.11. The number of esters is 1. The predicted molar refractivity (Wildman–Crippen MR) is 157 cm³/mol. The molecular formula is C31H52N2O5S. The number of hydrogen-bond donors (Lipinski definition) is 3. The zero-order valence-corrected chi connectivity index (χ0v) is 25.2. The van der Waals surface area contributed by atoms with Gasteiger partial charge in [-0.05, 0) is 62.6 Å². The summed E-state index contributed by atoms with van der Waals surface area (Å²) >= 11 is 0.408. The van der Waals surface area contributed by atoms with Crippen molar-refractivity contribution in [2.45, 2.75) is 110 Å². The van der Waals surface area contributed by atoms with E-state index in [0.29, 0.717) is 24.6 Å². The number of aliphatic hydroxyl groups is 1. The Bertz CT molecular complexity index is 1150. The highest BCUT2D eigenvalue weighted by Gasteiger charge is 2.68. The van der Waals surface area contributed by atoms with E-state index >= 15 is 0 Å². The molecule has 2 bridgehead atoms. The molecule has 0 unspecified atom stereocenters. The van der Waals surface area contributed by atoms with E-state index < -0.39 is 83.0 Å². The van der Waals surface area contributed by atoms with E-state index in [4.69, 9.17) is 18.7 Å². The molecule has 0 aromatic carbocycles. The number of aliphatic hydroxyl groups excluding tert-OH is 1. The molecule has 0 heterocycles. The minimum Gasteiger partial charge on any atom is -0.461 e. The highest BCUT2D eigenvalue weighted by Crippen LogP contribution is 2.68. The molecule has 1 amide bonds. The van der Waals surface area contributed by atoms with Gasteiger partial charge in [0.05, 0.1) is 17.9 Å². The van der Waals surface area contributed by atoms with Crippen molar-refractivity contribution in [1.29, 1.82) is 0 Å². The van der Waals surface area contributed by atoms with Gasteiger partial charge in [0.1, 0.15) is 11.9 Å². The van der Waals surface area contributed by atoms with Gasteiger partial charge in [0.2, 0.25) is 5.91 Å². The molecule has 39 heavy (non-hydrogen) atoms. The number of Topliss-reactive ketones (excluding diaryl/α,β-unsaturated/α-hetero) is 1. The molecule has 3 fully saturated rings. The number of ether oxygens (including phenoxy) is 1. The predicted octanol–water partition coefficient (Wildman–Crippen LogP) is 4.50. The third-order valence-electron chi connectivity index (χ3n) is 10.5. The lowest BCUT2D eigenvalue weighted by Crippen LogP contribution is -2.63. The van der Waals surface area contributed by atoms with Gasteiger partial charge in [0.15, 0.2) is 0 Å². The average molecular weight is 571 g/mol. The molecule has 0 aromatic rings. The summed E-state index contributed by atoms with van der Waals surface area (Å²) in [5.74, 6) is -2.99. The number of nitrogens with two attached hydrogens (primary N) is 1. The van der Waals surface area contributed by atoms with E-state index in [2.05, 4.69) is 18.8 Å². The van der Waals surface area contributed by atoms with Gasteiger partial charge in [0.25, 0.3) is 0 Å². The second kappa shape index (κ2) is 11.5. The largest absolute Gasteiger partial charge is 0.461 e. The zero-order valence-electron chi connectivity index (χ0n) is 30.3. The smallest absolute Gasteiger partial charge is 0.316 e. The molecular weight excluding hydrogens is 512 g/mol. The van der Waals surface area contributed by atoms with Crippen molar-refractivity contribution in [3.8, 4) is 0 Å². The number of rotatable bonds is 9. The fourth-order valence-corrected chi connectivity index (χ4v) is 8.17. The van der Waals surface area contributed by atoms with Gasteiger partial charge in [0, 0.05) is 42.7 Å². The molecule has 3 rings (SSSR count). The Balaban J connectivity index is 1.98. The van der Waals surface area contributed by atoms with Crippen LogP contribution in [0, 0.1) is 39.9 Å². The van der Waals surface area contributed by atoms with Crippen LogP contribution in [-0.4, -0.2) is 58.1 Å². The maximum absolute atomic E-state index is 13.7. The van der Waals surface area contributed by atoms with Crippen LogP contribution in [0.3, 0.4) is 0 Å². The summed E-state index contributed by atoms with van der Waals surface area (Å²) in [4.78, 5) is 39.9. The molecule has 0 spiro atoms. The van der Waals surface area contributed by atoms with E-state index in [1.807, 2.05) is 20.8 Å². The molecule has 3 aliphatic rings. The number of amides is 1. The third-order valence-corrected chi connectivity index (χ3v) is 11.6. The zero-order chi connectivity index (χ0) is 34.6. The molecule has 222 valence electrons. The van der Waals surface area contributed by atoms with E-state index in [9.17, 15) is 19.5 Å². The van der Waals surface area contributed by atoms with Gasteiger partial charge in [-0.3, -0.25) is 14.4 Å². The van der Waals surface area contributed by atoms with Crippen molar-refractivity contribution in [2.75, 3.05) is 12.3 Å². The van der Waals surface area contributed by atoms with Crippen LogP contribution >= 0.6 is 11.8 Å². The number of carbonyl (C=O) groups is 3. The average Bonchev–Trinajstić information content (AvgIpc) is 3.29. The van der Waals surface area contributed by atoms with Gasteiger partial charge >= 0.3 is 5.97 Å². The van der Waals surface area contributed by atoms with Crippen molar-refractivity contribution in [2.24, 2.45) is 45.7 Å². The molecule has 9 atom stereocenters. The van der Waals surface area contributed by atoms with Crippen LogP contribution in [0.1, 0.15) is 95.6 Å². The summed E-state index contributed by atoms with van der Waals surface area (Å²) in [5.41, 5.74) is 3.79. The SMILES string of the molecule is [2H]C([2H])([2H])C(CNC(=O)[C@H](N)C(C)C)(SCC(=O)O[C@@H]1C[C@@](C)(C=C)[C@@H](O)[C@H](C)[C@]23CCC(=O)[C@H]2[C@@]1(C)[C@H](C)CC3)C([2H])([2H])[2H]. The Kier molecular flexibility index (Phi) is 7.14. The van der Waals surface area contributed by atoms with Crippen molar-refractivity contribution >= 4 is 29.4 Å². The first-order valence-electron chi connectivity index (χ1n) is 17.2. The molecule has 0 aliphatic heterocycles. The van der Waals surface area contributed by atoms with Crippen molar-refractivity contribution in [3.05, 3.63) is 12.7 Å². The van der Waals surface area contributed by atoms with Crippen LogP contribution < -0.4 is 11.1 Å². The topological polar surface area (TPSA) is 119 Å². The van der Waals surface area contributed by atoms with Crippen molar-refractivity contribution in [1.82, 2.24) is 5.32 Å². The Labute approximate surface area is 248 Å². The normalized spacial score (nSPS) is 42.3. The first-order chi connectivity index (χ1) is 20.4. The van der Waals surface area contributed by atoms with E-state index in [1.54, 1.807) is 19.9 Å². The quantitative estimate of drug-likeness (QED) is 0.276. The highest BCUT2D eigenvalue weighted by atomic mass is 32.2. The van der Waals surface area contributed by atoms with Crippen LogP contribution in [0.15, 0.2) is 12.7 Å². The highest BCUT2D eigenvalue weighted by molar-refractivity contribution is 8.01. The third kappa shape index (κ3) is 5.85. The maximum atomic E-state index is 13.7. The van der Waals surface area contributed by atoms with E-state index in [0.717, 1.165) is 12.8 Å². The summed E-state index contributed by atoms with van der Waals surface area (Å²) in [6.07, 6.45) is 2.77. The Hall–Kier alpha value is -1.38. The lowest BCUT2D eigenvalue weighted by Gasteiger charge is -2.61. The Morgan fingerprint density at radius 3 is 2.59 bits per heavy atom. The molecule has 8 heteroatoms. The van der Waals surface area contributed by atoms with Crippen LogP contribution in [0.5, 0.6) is 0 Å². The molecule has 4 N–H and O–H groups in total. The van der Waals surface area contributed by atoms with Gasteiger partial charge in [-0.1, -0.05) is 47.6 Å². The van der Waals surface area contributed by atoms with E-state index in [1.165, 1.54) is 0 Å². The molecule has 7 nitrogen and oxygen atoms in total. The number of thioether (sulfide) groups is 1. The Morgan fingerprint density at radius 2 is 2.00 bits per heavy atom. The molecule has 0 radical (unpaired) electrons.